The van der Waals surface area contributed by atoms with Crippen molar-refractivity contribution in [3.8, 4) is 0 Å². The lowest BCUT2D eigenvalue weighted by atomic mass is 10.0. The highest BCUT2D eigenvalue weighted by molar-refractivity contribution is 5.71. The van der Waals surface area contributed by atoms with Crippen LogP contribution in [0.3, 0.4) is 0 Å². The molecular formula is C55H102O6. The SMILES string of the molecule is CCCCCC/C=C\C/C=C\CCCCCCCC(=O)OC(COC(=O)CCCCCCCCCC)COC(=O)CCCCCCCCCCCCCCCCCCCCC. The highest BCUT2D eigenvalue weighted by atomic mass is 16.6. The Morgan fingerprint density at radius 1 is 0.328 bits per heavy atom. The van der Waals surface area contributed by atoms with Gasteiger partial charge in [-0.05, 0) is 51.4 Å². The molecule has 0 amide bonds. The number of unbranched alkanes of at least 4 members (excludes halogenated alkanes) is 34. The summed E-state index contributed by atoms with van der Waals surface area (Å²) in [6.45, 7) is 6.62. The molecule has 1 atom stereocenters. The van der Waals surface area contributed by atoms with Crippen LogP contribution in [0.15, 0.2) is 24.3 Å². The summed E-state index contributed by atoms with van der Waals surface area (Å²) in [7, 11) is 0. The summed E-state index contributed by atoms with van der Waals surface area (Å²) in [6.07, 6.45) is 57.5. The van der Waals surface area contributed by atoms with E-state index in [1.807, 2.05) is 0 Å². The van der Waals surface area contributed by atoms with Crippen LogP contribution in [-0.2, 0) is 28.6 Å². The maximum absolute atomic E-state index is 12.8. The van der Waals surface area contributed by atoms with Gasteiger partial charge in [-0.15, -0.1) is 0 Å². The first-order valence-electron chi connectivity index (χ1n) is 26.8. The van der Waals surface area contributed by atoms with Gasteiger partial charge in [-0.1, -0.05) is 244 Å². The molecule has 0 saturated heterocycles. The second kappa shape index (κ2) is 50.5. The van der Waals surface area contributed by atoms with Crippen molar-refractivity contribution in [2.75, 3.05) is 13.2 Å². The molecule has 0 aliphatic heterocycles. The van der Waals surface area contributed by atoms with Gasteiger partial charge >= 0.3 is 17.9 Å². The molecule has 1 unspecified atom stereocenters. The molecule has 0 saturated carbocycles. The predicted molar refractivity (Wildman–Crippen MR) is 261 cm³/mol. The topological polar surface area (TPSA) is 78.9 Å². The number of carbonyl (C=O) groups excluding carboxylic acids is 3. The van der Waals surface area contributed by atoms with Gasteiger partial charge in [-0.3, -0.25) is 14.4 Å². The van der Waals surface area contributed by atoms with Crippen LogP contribution in [0.2, 0.25) is 0 Å². The number of hydrogen-bond donors (Lipinski definition) is 0. The van der Waals surface area contributed by atoms with Crippen molar-refractivity contribution in [3.63, 3.8) is 0 Å². The Morgan fingerprint density at radius 2 is 0.590 bits per heavy atom. The molecule has 6 nitrogen and oxygen atoms in total. The quantitative estimate of drug-likeness (QED) is 0.0262. The Bertz CT molecular complexity index is 989. The second-order valence-electron chi connectivity index (χ2n) is 18.2. The molecule has 0 rings (SSSR count). The number of carbonyl (C=O) groups is 3. The van der Waals surface area contributed by atoms with Gasteiger partial charge in [0.05, 0.1) is 0 Å². The first-order chi connectivity index (χ1) is 30.0. The average molecular weight is 859 g/mol. The first kappa shape index (κ1) is 58.9. The van der Waals surface area contributed by atoms with E-state index in [4.69, 9.17) is 14.2 Å². The van der Waals surface area contributed by atoms with Gasteiger partial charge in [0.2, 0.25) is 0 Å². The first-order valence-corrected chi connectivity index (χ1v) is 26.8. The fourth-order valence-electron chi connectivity index (χ4n) is 7.89. The smallest absolute Gasteiger partial charge is 0.306 e. The van der Waals surface area contributed by atoms with E-state index in [-0.39, 0.29) is 31.1 Å². The number of rotatable bonds is 49. The Labute approximate surface area is 379 Å². The van der Waals surface area contributed by atoms with Crippen LogP contribution in [0.1, 0.15) is 290 Å². The fraction of sp³-hybridized carbons (Fsp3) is 0.873. The van der Waals surface area contributed by atoms with Crippen LogP contribution < -0.4 is 0 Å². The van der Waals surface area contributed by atoms with Crippen molar-refractivity contribution in [2.24, 2.45) is 0 Å². The van der Waals surface area contributed by atoms with E-state index in [0.717, 1.165) is 77.0 Å². The zero-order chi connectivity index (χ0) is 44.4. The molecule has 358 valence electrons. The Morgan fingerprint density at radius 3 is 0.918 bits per heavy atom. The van der Waals surface area contributed by atoms with E-state index in [1.54, 1.807) is 0 Å². The lowest BCUT2D eigenvalue weighted by Crippen LogP contribution is -2.30. The van der Waals surface area contributed by atoms with Gasteiger partial charge in [0.25, 0.3) is 0 Å². The van der Waals surface area contributed by atoms with Gasteiger partial charge in [0.1, 0.15) is 13.2 Å². The largest absolute Gasteiger partial charge is 0.462 e. The molecule has 0 radical (unpaired) electrons. The van der Waals surface area contributed by atoms with E-state index < -0.39 is 6.10 Å². The highest BCUT2D eigenvalue weighted by Crippen LogP contribution is 2.16. The molecule has 0 aromatic rings. The number of ether oxygens (including phenoxy) is 3. The number of hydrogen-bond acceptors (Lipinski definition) is 6. The molecule has 0 bridgehead atoms. The van der Waals surface area contributed by atoms with Crippen LogP contribution in [0, 0.1) is 0 Å². The van der Waals surface area contributed by atoms with Crippen LogP contribution in [0.4, 0.5) is 0 Å². The van der Waals surface area contributed by atoms with E-state index in [0.29, 0.717) is 19.3 Å². The minimum absolute atomic E-state index is 0.0724. The summed E-state index contributed by atoms with van der Waals surface area (Å²) < 4.78 is 16.8. The van der Waals surface area contributed by atoms with Crippen LogP contribution in [-0.4, -0.2) is 37.2 Å². The zero-order valence-corrected chi connectivity index (χ0v) is 40.9. The van der Waals surface area contributed by atoms with Gasteiger partial charge in [0, 0.05) is 19.3 Å². The van der Waals surface area contributed by atoms with E-state index in [1.165, 1.54) is 173 Å². The van der Waals surface area contributed by atoms with Crippen molar-refractivity contribution >= 4 is 17.9 Å². The van der Waals surface area contributed by atoms with E-state index >= 15 is 0 Å². The number of esters is 3. The summed E-state index contributed by atoms with van der Waals surface area (Å²) in [6, 6.07) is 0. The Balaban J connectivity index is 4.24. The Kier molecular flexibility index (Phi) is 48.8. The normalized spacial score (nSPS) is 12.1. The summed E-state index contributed by atoms with van der Waals surface area (Å²) in [5, 5.41) is 0. The zero-order valence-electron chi connectivity index (χ0n) is 40.9. The molecule has 6 heteroatoms. The van der Waals surface area contributed by atoms with Crippen molar-refractivity contribution in [2.45, 2.75) is 297 Å². The maximum atomic E-state index is 12.8. The van der Waals surface area contributed by atoms with Gasteiger partial charge in [-0.2, -0.15) is 0 Å². The summed E-state index contributed by atoms with van der Waals surface area (Å²) in [4.78, 5) is 37.9. The van der Waals surface area contributed by atoms with Crippen molar-refractivity contribution < 1.29 is 28.6 Å². The maximum Gasteiger partial charge on any atom is 0.306 e. The molecule has 0 heterocycles. The Hall–Kier alpha value is -2.11. The molecule has 0 aliphatic rings. The lowest BCUT2D eigenvalue weighted by Gasteiger charge is -2.18. The summed E-state index contributed by atoms with van der Waals surface area (Å²) in [5.74, 6) is -0.876. The van der Waals surface area contributed by atoms with E-state index in [2.05, 4.69) is 45.1 Å². The van der Waals surface area contributed by atoms with E-state index in [9.17, 15) is 14.4 Å². The molecule has 0 aliphatic carbocycles. The molecule has 0 spiro atoms. The minimum Gasteiger partial charge on any atom is -0.462 e. The van der Waals surface area contributed by atoms with Gasteiger partial charge in [0.15, 0.2) is 6.10 Å². The third kappa shape index (κ3) is 48.8. The van der Waals surface area contributed by atoms with Crippen molar-refractivity contribution in [3.05, 3.63) is 24.3 Å². The predicted octanol–water partition coefficient (Wildman–Crippen LogP) is 17.5. The average Bonchev–Trinajstić information content (AvgIpc) is 3.26. The molecule has 0 aromatic carbocycles. The minimum atomic E-state index is -0.772. The van der Waals surface area contributed by atoms with Crippen molar-refractivity contribution in [1.29, 1.82) is 0 Å². The molecule has 0 aromatic heterocycles. The molecule has 0 fully saturated rings. The third-order valence-corrected chi connectivity index (χ3v) is 12.0. The summed E-state index contributed by atoms with van der Waals surface area (Å²) in [5.41, 5.74) is 0. The van der Waals surface area contributed by atoms with Gasteiger partial charge < -0.3 is 14.2 Å². The second-order valence-corrected chi connectivity index (χ2v) is 18.2. The summed E-state index contributed by atoms with van der Waals surface area (Å²) >= 11 is 0. The molecule has 61 heavy (non-hydrogen) atoms. The fourth-order valence-corrected chi connectivity index (χ4v) is 7.89. The highest BCUT2D eigenvalue weighted by Gasteiger charge is 2.19. The third-order valence-electron chi connectivity index (χ3n) is 12.0. The monoisotopic (exact) mass is 859 g/mol. The molecular weight excluding hydrogens is 757 g/mol. The standard InChI is InChI=1S/C55H102O6/c1-4-7-10-13-16-19-21-23-25-27-28-29-31-32-34-36-39-42-45-48-54(57)60-51-52(50-59-53(56)47-44-41-38-18-15-12-9-6-3)61-55(58)49-46-43-40-37-35-33-30-26-24-22-20-17-14-11-8-5-2/h20,22,26,30,52H,4-19,21,23-25,27-29,31-51H2,1-3H3/b22-20-,30-26-. The number of allylic oxidation sites excluding steroid dienone is 4. The van der Waals surface area contributed by atoms with Crippen LogP contribution in [0.25, 0.3) is 0 Å². The van der Waals surface area contributed by atoms with Crippen LogP contribution in [0.5, 0.6) is 0 Å². The van der Waals surface area contributed by atoms with Crippen LogP contribution >= 0.6 is 0 Å². The van der Waals surface area contributed by atoms with Gasteiger partial charge in [-0.25, -0.2) is 0 Å². The lowest BCUT2D eigenvalue weighted by molar-refractivity contribution is -0.167. The molecule has 0 N–H and O–H groups in total. The van der Waals surface area contributed by atoms with Crippen molar-refractivity contribution in [1.82, 2.24) is 0 Å².